The lowest BCUT2D eigenvalue weighted by atomic mass is 10.0. The number of piperazine rings is 1. The predicted octanol–water partition coefficient (Wildman–Crippen LogP) is 3.31. The maximum Gasteiger partial charge on any atom is 0.262 e. The fraction of sp³-hybridized carbons (Fsp3) is 0.308. The van der Waals surface area contributed by atoms with Crippen molar-refractivity contribution in [2.75, 3.05) is 39.3 Å². The lowest BCUT2D eigenvalue weighted by molar-refractivity contribution is -0.135. The van der Waals surface area contributed by atoms with E-state index in [1.807, 2.05) is 77.0 Å². The van der Waals surface area contributed by atoms with E-state index in [2.05, 4.69) is 10.2 Å². The number of hydrogen-bond donors (Lipinski definition) is 1. The molecular weight excluding hydrogens is 434 g/mol. The summed E-state index contributed by atoms with van der Waals surface area (Å²) in [4.78, 5) is 30.9. The maximum atomic E-state index is 13.4. The third-order valence-electron chi connectivity index (χ3n) is 5.73. The molecule has 4 rings (SSSR count). The molecule has 0 bridgehead atoms. The van der Waals surface area contributed by atoms with Gasteiger partial charge in [-0.1, -0.05) is 54.6 Å². The van der Waals surface area contributed by atoms with Gasteiger partial charge in [0.15, 0.2) is 0 Å². The van der Waals surface area contributed by atoms with Crippen LogP contribution < -0.4 is 10.1 Å². The van der Waals surface area contributed by atoms with Gasteiger partial charge in [-0.25, -0.2) is 0 Å². The number of carbonyl (C=O) groups is 2. The van der Waals surface area contributed by atoms with E-state index in [4.69, 9.17) is 4.74 Å². The normalized spacial score (nSPS) is 15.1. The molecule has 1 atom stereocenters. The molecule has 1 aliphatic rings. The fourth-order valence-electron chi connectivity index (χ4n) is 3.91. The quantitative estimate of drug-likeness (QED) is 0.529. The Morgan fingerprint density at radius 2 is 1.61 bits per heavy atom. The molecule has 0 radical (unpaired) electrons. The second-order valence-electron chi connectivity index (χ2n) is 8.02. The molecule has 0 spiro atoms. The molecule has 33 heavy (non-hydrogen) atoms. The standard InChI is InChI=1S/C26H29N3O3S/c30-25(24-12-7-19-33-24)27-23(20-21-8-3-1-4-9-21)26(31)29-15-13-28(14-16-29)17-18-32-22-10-5-2-6-11-22/h1-12,19,23H,13-18,20H2,(H,27,30). The van der Waals surface area contributed by atoms with Crippen molar-refractivity contribution in [3.05, 3.63) is 88.6 Å². The van der Waals surface area contributed by atoms with Gasteiger partial charge in [-0.05, 0) is 29.1 Å². The molecule has 0 aliphatic carbocycles. The van der Waals surface area contributed by atoms with Gasteiger partial charge >= 0.3 is 0 Å². The molecule has 1 aromatic heterocycles. The van der Waals surface area contributed by atoms with E-state index in [0.29, 0.717) is 31.0 Å². The number of thiophene rings is 1. The van der Waals surface area contributed by atoms with Gasteiger partial charge in [0.1, 0.15) is 18.4 Å². The van der Waals surface area contributed by atoms with Crippen LogP contribution in [0, 0.1) is 0 Å². The molecule has 2 heterocycles. The number of nitrogens with one attached hydrogen (secondary N) is 1. The summed E-state index contributed by atoms with van der Waals surface area (Å²) < 4.78 is 5.80. The third-order valence-corrected chi connectivity index (χ3v) is 6.60. The van der Waals surface area contributed by atoms with Crippen LogP contribution in [-0.2, 0) is 11.2 Å². The van der Waals surface area contributed by atoms with Gasteiger partial charge in [0, 0.05) is 39.1 Å². The van der Waals surface area contributed by atoms with Crippen LogP contribution in [0.1, 0.15) is 15.2 Å². The molecule has 2 aromatic carbocycles. The zero-order valence-electron chi connectivity index (χ0n) is 18.6. The first-order valence-corrected chi connectivity index (χ1v) is 12.1. The summed E-state index contributed by atoms with van der Waals surface area (Å²) in [6, 6.07) is 22.7. The summed E-state index contributed by atoms with van der Waals surface area (Å²) in [7, 11) is 0. The van der Waals surface area contributed by atoms with Crippen LogP contribution in [0.25, 0.3) is 0 Å². The zero-order valence-corrected chi connectivity index (χ0v) is 19.4. The second-order valence-corrected chi connectivity index (χ2v) is 8.97. The Balaban J connectivity index is 1.31. The summed E-state index contributed by atoms with van der Waals surface area (Å²) in [6.45, 7) is 4.31. The van der Waals surface area contributed by atoms with E-state index in [0.717, 1.165) is 30.9 Å². The largest absolute Gasteiger partial charge is 0.492 e. The number of rotatable bonds is 9. The zero-order chi connectivity index (χ0) is 22.9. The van der Waals surface area contributed by atoms with Gasteiger partial charge in [-0.15, -0.1) is 11.3 Å². The van der Waals surface area contributed by atoms with Crippen molar-refractivity contribution in [3.8, 4) is 5.75 Å². The summed E-state index contributed by atoms with van der Waals surface area (Å²) in [6.07, 6.45) is 0.474. The van der Waals surface area contributed by atoms with Crippen LogP contribution in [0.3, 0.4) is 0 Å². The van der Waals surface area contributed by atoms with E-state index < -0.39 is 6.04 Å². The van der Waals surface area contributed by atoms with E-state index in [-0.39, 0.29) is 11.8 Å². The summed E-state index contributed by atoms with van der Waals surface area (Å²) in [5.74, 6) is 0.650. The van der Waals surface area contributed by atoms with Crippen LogP contribution >= 0.6 is 11.3 Å². The molecule has 172 valence electrons. The van der Waals surface area contributed by atoms with Gasteiger partial charge < -0.3 is 15.0 Å². The Bertz CT molecular complexity index is 1000. The number of ether oxygens (including phenoxy) is 1. The van der Waals surface area contributed by atoms with Crippen molar-refractivity contribution in [2.24, 2.45) is 0 Å². The first kappa shape index (κ1) is 23.0. The average molecular weight is 464 g/mol. The first-order chi connectivity index (χ1) is 16.2. The smallest absolute Gasteiger partial charge is 0.262 e. The molecule has 1 unspecified atom stereocenters. The van der Waals surface area contributed by atoms with Crippen LogP contribution in [0.4, 0.5) is 0 Å². The number of amides is 2. The molecule has 7 heteroatoms. The molecule has 1 saturated heterocycles. The molecule has 0 saturated carbocycles. The van der Waals surface area contributed by atoms with Crippen molar-refractivity contribution in [2.45, 2.75) is 12.5 Å². The minimum Gasteiger partial charge on any atom is -0.492 e. The molecule has 6 nitrogen and oxygen atoms in total. The Kier molecular flexibility index (Phi) is 8.11. The Morgan fingerprint density at radius 1 is 0.909 bits per heavy atom. The summed E-state index contributed by atoms with van der Waals surface area (Å²) >= 11 is 1.38. The Labute approximate surface area is 198 Å². The van der Waals surface area contributed by atoms with Gasteiger partial charge in [0.25, 0.3) is 5.91 Å². The van der Waals surface area contributed by atoms with Crippen LogP contribution in [0.15, 0.2) is 78.2 Å². The lowest BCUT2D eigenvalue weighted by Gasteiger charge is -2.36. The third kappa shape index (κ3) is 6.66. The van der Waals surface area contributed by atoms with E-state index in [1.165, 1.54) is 11.3 Å². The van der Waals surface area contributed by atoms with Crippen LogP contribution in [0.5, 0.6) is 5.75 Å². The minimum atomic E-state index is -0.588. The van der Waals surface area contributed by atoms with Gasteiger partial charge in [0.2, 0.25) is 5.91 Å². The van der Waals surface area contributed by atoms with E-state index in [1.54, 1.807) is 6.07 Å². The van der Waals surface area contributed by atoms with Crippen molar-refractivity contribution in [1.29, 1.82) is 0 Å². The lowest BCUT2D eigenvalue weighted by Crippen LogP contribution is -2.55. The molecule has 3 aromatic rings. The highest BCUT2D eigenvalue weighted by Crippen LogP contribution is 2.13. The highest BCUT2D eigenvalue weighted by atomic mass is 32.1. The van der Waals surface area contributed by atoms with E-state index >= 15 is 0 Å². The van der Waals surface area contributed by atoms with Crippen molar-refractivity contribution >= 4 is 23.2 Å². The second kappa shape index (κ2) is 11.6. The molecular formula is C26H29N3O3S. The van der Waals surface area contributed by atoms with Crippen molar-refractivity contribution in [1.82, 2.24) is 15.1 Å². The topological polar surface area (TPSA) is 61.9 Å². The van der Waals surface area contributed by atoms with Crippen LogP contribution in [0.2, 0.25) is 0 Å². The highest BCUT2D eigenvalue weighted by Gasteiger charge is 2.29. The van der Waals surface area contributed by atoms with Crippen molar-refractivity contribution in [3.63, 3.8) is 0 Å². The molecule has 1 N–H and O–H groups in total. The van der Waals surface area contributed by atoms with E-state index in [9.17, 15) is 9.59 Å². The number of nitrogens with zero attached hydrogens (tertiary/aromatic N) is 2. The Morgan fingerprint density at radius 3 is 2.27 bits per heavy atom. The molecule has 1 fully saturated rings. The minimum absolute atomic E-state index is 0.0241. The van der Waals surface area contributed by atoms with Gasteiger partial charge in [-0.2, -0.15) is 0 Å². The Hall–Kier alpha value is -3.16. The maximum absolute atomic E-state index is 13.4. The summed E-state index contributed by atoms with van der Waals surface area (Å²) in [5.41, 5.74) is 1.03. The molecule has 2 amide bonds. The summed E-state index contributed by atoms with van der Waals surface area (Å²) in [5, 5.41) is 4.84. The number of hydrogen-bond acceptors (Lipinski definition) is 5. The molecule has 1 aliphatic heterocycles. The SMILES string of the molecule is O=C(NC(Cc1ccccc1)C(=O)N1CCN(CCOc2ccccc2)CC1)c1cccs1. The average Bonchev–Trinajstić information content (AvgIpc) is 3.40. The number of para-hydroxylation sites is 1. The first-order valence-electron chi connectivity index (χ1n) is 11.3. The number of benzene rings is 2. The number of carbonyl (C=O) groups excluding carboxylic acids is 2. The fourth-order valence-corrected chi connectivity index (χ4v) is 4.54. The predicted molar refractivity (Wildman–Crippen MR) is 131 cm³/mol. The van der Waals surface area contributed by atoms with Crippen molar-refractivity contribution < 1.29 is 14.3 Å². The highest BCUT2D eigenvalue weighted by molar-refractivity contribution is 7.12. The van der Waals surface area contributed by atoms with Crippen LogP contribution in [-0.4, -0.2) is 67.0 Å². The van der Waals surface area contributed by atoms with Gasteiger partial charge in [-0.3, -0.25) is 14.5 Å². The van der Waals surface area contributed by atoms with Gasteiger partial charge in [0.05, 0.1) is 4.88 Å². The monoisotopic (exact) mass is 463 g/mol.